The van der Waals surface area contributed by atoms with Gasteiger partial charge in [0, 0.05) is 12.6 Å². The average Bonchev–Trinajstić information content (AvgIpc) is 3.24. The van der Waals surface area contributed by atoms with Crippen molar-refractivity contribution in [1.29, 1.82) is 0 Å². The topological polar surface area (TPSA) is 73.6 Å². The van der Waals surface area contributed by atoms with Crippen LogP contribution in [0, 0.1) is 0 Å². The monoisotopic (exact) mass is 428 g/mol. The van der Waals surface area contributed by atoms with Crippen LogP contribution in [0.25, 0.3) is 34.4 Å². The van der Waals surface area contributed by atoms with E-state index >= 15 is 0 Å². The molecule has 0 atom stereocenters. The summed E-state index contributed by atoms with van der Waals surface area (Å²) >= 11 is 0. The van der Waals surface area contributed by atoms with Crippen molar-refractivity contribution in [2.24, 2.45) is 0 Å². The molecule has 32 heavy (non-hydrogen) atoms. The van der Waals surface area contributed by atoms with Crippen LogP contribution in [-0.4, -0.2) is 31.2 Å². The SMILES string of the molecule is CCNC(=O)COc1ccc(/C=C/c2nc3cc(-c4ccccc4)ccc3o2)cc1OC. The van der Waals surface area contributed by atoms with Crippen LogP contribution in [0.3, 0.4) is 0 Å². The summed E-state index contributed by atoms with van der Waals surface area (Å²) < 4.78 is 16.8. The van der Waals surface area contributed by atoms with Gasteiger partial charge in [0.15, 0.2) is 23.7 Å². The summed E-state index contributed by atoms with van der Waals surface area (Å²) in [7, 11) is 1.56. The molecule has 1 amide bonds. The van der Waals surface area contributed by atoms with Crippen LogP contribution in [0.4, 0.5) is 0 Å². The summed E-state index contributed by atoms with van der Waals surface area (Å²) in [6.45, 7) is 2.36. The predicted octanol–water partition coefficient (Wildman–Crippen LogP) is 5.19. The highest BCUT2D eigenvalue weighted by molar-refractivity contribution is 5.82. The Hall–Kier alpha value is -4.06. The second-order valence-corrected chi connectivity index (χ2v) is 7.09. The van der Waals surface area contributed by atoms with Crippen LogP contribution in [0.1, 0.15) is 18.4 Å². The summed E-state index contributed by atoms with van der Waals surface area (Å²) in [6.07, 6.45) is 3.70. The first-order valence-electron chi connectivity index (χ1n) is 10.4. The van der Waals surface area contributed by atoms with Gasteiger partial charge < -0.3 is 19.2 Å². The fourth-order valence-corrected chi connectivity index (χ4v) is 3.29. The Balaban J connectivity index is 1.50. The fraction of sp³-hybridized carbons (Fsp3) is 0.154. The number of methoxy groups -OCH3 is 1. The number of likely N-dealkylation sites (N-methyl/N-ethyl adjacent to an activating group) is 1. The van der Waals surface area contributed by atoms with E-state index in [0.29, 0.717) is 23.9 Å². The predicted molar refractivity (Wildman–Crippen MR) is 126 cm³/mol. The molecule has 6 nitrogen and oxygen atoms in total. The van der Waals surface area contributed by atoms with Gasteiger partial charge in [0.05, 0.1) is 7.11 Å². The van der Waals surface area contributed by atoms with E-state index in [1.54, 1.807) is 13.2 Å². The maximum absolute atomic E-state index is 11.6. The van der Waals surface area contributed by atoms with Gasteiger partial charge in [-0.15, -0.1) is 0 Å². The molecule has 6 heteroatoms. The van der Waals surface area contributed by atoms with Gasteiger partial charge in [-0.3, -0.25) is 4.79 Å². The Bertz CT molecular complexity index is 1250. The molecule has 0 saturated heterocycles. The highest BCUT2D eigenvalue weighted by atomic mass is 16.5. The van der Waals surface area contributed by atoms with E-state index in [-0.39, 0.29) is 12.5 Å². The molecular formula is C26H24N2O4. The highest BCUT2D eigenvalue weighted by Crippen LogP contribution is 2.29. The Labute approximate surface area is 186 Å². The lowest BCUT2D eigenvalue weighted by Crippen LogP contribution is -2.28. The van der Waals surface area contributed by atoms with E-state index in [4.69, 9.17) is 13.9 Å². The number of nitrogens with zero attached hydrogens (tertiary/aromatic N) is 1. The molecule has 0 aliphatic heterocycles. The van der Waals surface area contributed by atoms with Crippen molar-refractivity contribution < 1.29 is 18.7 Å². The van der Waals surface area contributed by atoms with E-state index in [1.807, 2.05) is 67.6 Å². The molecule has 0 unspecified atom stereocenters. The minimum absolute atomic E-state index is 0.0622. The number of amides is 1. The molecule has 162 valence electrons. The van der Waals surface area contributed by atoms with E-state index in [1.165, 1.54) is 0 Å². The first-order valence-corrected chi connectivity index (χ1v) is 10.4. The number of rotatable bonds is 8. The summed E-state index contributed by atoms with van der Waals surface area (Å²) in [5, 5.41) is 2.69. The van der Waals surface area contributed by atoms with Gasteiger partial charge in [-0.1, -0.05) is 42.5 Å². The van der Waals surface area contributed by atoms with Crippen LogP contribution in [0.5, 0.6) is 11.5 Å². The third-order valence-corrected chi connectivity index (χ3v) is 4.85. The molecule has 1 aromatic heterocycles. The minimum Gasteiger partial charge on any atom is -0.493 e. The Morgan fingerprint density at radius 3 is 2.62 bits per heavy atom. The molecule has 0 aliphatic rings. The molecule has 0 fully saturated rings. The number of ether oxygens (including phenoxy) is 2. The van der Waals surface area contributed by atoms with Gasteiger partial charge in [0.2, 0.25) is 5.89 Å². The van der Waals surface area contributed by atoms with Gasteiger partial charge in [0.1, 0.15) is 5.52 Å². The third kappa shape index (κ3) is 4.98. The Morgan fingerprint density at radius 1 is 1.00 bits per heavy atom. The summed E-state index contributed by atoms with van der Waals surface area (Å²) in [5.41, 5.74) is 4.65. The first kappa shape index (κ1) is 21.2. The van der Waals surface area contributed by atoms with Crippen LogP contribution >= 0.6 is 0 Å². The zero-order chi connectivity index (χ0) is 22.3. The van der Waals surface area contributed by atoms with E-state index in [9.17, 15) is 4.79 Å². The van der Waals surface area contributed by atoms with Crippen molar-refractivity contribution >= 4 is 29.2 Å². The molecule has 0 bridgehead atoms. The molecule has 3 aromatic carbocycles. The number of carbonyl (C=O) groups excluding carboxylic acids is 1. The normalized spacial score (nSPS) is 11.1. The van der Waals surface area contributed by atoms with Crippen molar-refractivity contribution in [3.8, 4) is 22.6 Å². The quantitative estimate of drug-likeness (QED) is 0.418. The van der Waals surface area contributed by atoms with Gasteiger partial charge in [-0.05, 0) is 54.0 Å². The average molecular weight is 428 g/mol. The Morgan fingerprint density at radius 2 is 1.84 bits per heavy atom. The molecule has 0 aliphatic carbocycles. The summed E-state index contributed by atoms with van der Waals surface area (Å²) in [4.78, 5) is 16.2. The molecule has 0 spiro atoms. The minimum atomic E-state index is -0.176. The number of hydrogen-bond donors (Lipinski definition) is 1. The maximum Gasteiger partial charge on any atom is 0.257 e. The number of hydrogen-bond acceptors (Lipinski definition) is 5. The number of nitrogens with one attached hydrogen (secondary N) is 1. The molecule has 1 heterocycles. The standard InChI is InChI=1S/C26H24N2O4/c1-3-27-25(29)17-31-23-12-9-18(15-24(23)30-2)10-14-26-28-21-16-20(11-13-22(21)32-26)19-7-5-4-6-8-19/h4-16H,3,17H2,1-2H3,(H,27,29)/b14-10+. The lowest BCUT2D eigenvalue weighted by molar-refractivity contribution is -0.123. The highest BCUT2D eigenvalue weighted by Gasteiger charge is 2.09. The van der Waals surface area contributed by atoms with Crippen LogP contribution in [-0.2, 0) is 4.79 Å². The fourth-order valence-electron chi connectivity index (χ4n) is 3.29. The summed E-state index contributed by atoms with van der Waals surface area (Å²) in [6, 6.07) is 21.6. The Kier molecular flexibility index (Phi) is 6.51. The lowest BCUT2D eigenvalue weighted by Gasteiger charge is -2.11. The van der Waals surface area contributed by atoms with E-state index in [0.717, 1.165) is 27.8 Å². The van der Waals surface area contributed by atoms with E-state index in [2.05, 4.69) is 22.4 Å². The lowest BCUT2D eigenvalue weighted by atomic mass is 10.1. The number of oxazole rings is 1. The first-order chi connectivity index (χ1) is 15.7. The zero-order valence-corrected chi connectivity index (χ0v) is 18.0. The zero-order valence-electron chi connectivity index (χ0n) is 18.0. The van der Waals surface area contributed by atoms with Gasteiger partial charge in [-0.2, -0.15) is 0 Å². The molecule has 4 aromatic rings. The maximum atomic E-state index is 11.6. The van der Waals surface area contributed by atoms with Crippen molar-refractivity contribution in [3.05, 3.63) is 78.2 Å². The third-order valence-electron chi connectivity index (χ3n) is 4.85. The van der Waals surface area contributed by atoms with E-state index < -0.39 is 0 Å². The number of carbonyl (C=O) groups is 1. The van der Waals surface area contributed by atoms with Crippen molar-refractivity contribution in [1.82, 2.24) is 10.3 Å². The van der Waals surface area contributed by atoms with Crippen LogP contribution in [0.2, 0.25) is 0 Å². The summed E-state index contributed by atoms with van der Waals surface area (Å²) in [5.74, 6) is 1.39. The second-order valence-electron chi connectivity index (χ2n) is 7.09. The number of benzene rings is 3. The second kappa shape index (κ2) is 9.83. The van der Waals surface area contributed by atoms with Crippen LogP contribution < -0.4 is 14.8 Å². The number of fused-ring (bicyclic) bond motifs is 1. The van der Waals surface area contributed by atoms with Gasteiger partial charge in [0.25, 0.3) is 5.91 Å². The molecular weight excluding hydrogens is 404 g/mol. The van der Waals surface area contributed by atoms with Crippen molar-refractivity contribution in [2.45, 2.75) is 6.92 Å². The molecule has 1 N–H and O–H groups in total. The smallest absolute Gasteiger partial charge is 0.257 e. The van der Waals surface area contributed by atoms with Crippen molar-refractivity contribution in [2.75, 3.05) is 20.3 Å². The largest absolute Gasteiger partial charge is 0.493 e. The molecule has 0 radical (unpaired) electrons. The molecule has 0 saturated carbocycles. The van der Waals surface area contributed by atoms with Crippen molar-refractivity contribution in [3.63, 3.8) is 0 Å². The van der Waals surface area contributed by atoms with Crippen LogP contribution in [0.15, 0.2) is 71.1 Å². The molecule has 4 rings (SSSR count). The number of aromatic nitrogens is 1. The van der Waals surface area contributed by atoms with Gasteiger partial charge >= 0.3 is 0 Å². The van der Waals surface area contributed by atoms with Gasteiger partial charge in [-0.25, -0.2) is 4.98 Å².